The Bertz CT molecular complexity index is 689. The summed E-state index contributed by atoms with van der Waals surface area (Å²) in [7, 11) is -4.25. The molecule has 1 unspecified atom stereocenters. The molecule has 116 valence electrons. The van der Waals surface area contributed by atoms with Gasteiger partial charge in [0.05, 0.1) is 14.8 Å². The molecule has 0 saturated carbocycles. The van der Waals surface area contributed by atoms with Gasteiger partial charge >= 0.3 is 5.97 Å². The molecule has 3 N–H and O–H groups in total. The van der Waals surface area contributed by atoms with E-state index in [1.165, 1.54) is 6.92 Å². The minimum atomic E-state index is -4.25. The first-order valence-corrected chi connectivity index (χ1v) is 7.27. The van der Waals surface area contributed by atoms with Gasteiger partial charge in [-0.15, -0.1) is 0 Å². The van der Waals surface area contributed by atoms with Crippen LogP contribution in [0.3, 0.4) is 0 Å². The Labute approximate surface area is 124 Å². The summed E-state index contributed by atoms with van der Waals surface area (Å²) in [6.07, 6.45) is -1.93. The molecule has 9 nitrogen and oxygen atoms in total. The molecule has 0 saturated heterocycles. The summed E-state index contributed by atoms with van der Waals surface area (Å²) >= 11 is 5.74. The van der Waals surface area contributed by atoms with E-state index in [1.807, 2.05) is 4.72 Å². The molecule has 0 fully saturated rings. The Morgan fingerprint density at radius 3 is 2.57 bits per heavy atom. The second-order valence-electron chi connectivity index (χ2n) is 4.01. The molecule has 0 aliphatic heterocycles. The molecule has 0 bridgehead atoms. The van der Waals surface area contributed by atoms with Crippen molar-refractivity contribution >= 4 is 33.3 Å². The predicted octanol–water partition coefficient (Wildman–Crippen LogP) is 0.280. The van der Waals surface area contributed by atoms with Gasteiger partial charge in [0, 0.05) is 18.2 Å². The molecular formula is C10H11ClN2O7S. The van der Waals surface area contributed by atoms with Crippen molar-refractivity contribution in [3.63, 3.8) is 0 Å². The lowest BCUT2D eigenvalue weighted by Crippen LogP contribution is -2.36. The van der Waals surface area contributed by atoms with Crippen LogP contribution in [0.5, 0.6) is 0 Å². The topological polar surface area (TPSA) is 147 Å². The average Bonchev–Trinajstić information content (AvgIpc) is 2.38. The maximum Gasteiger partial charge on any atom is 0.333 e. The summed E-state index contributed by atoms with van der Waals surface area (Å²) in [5.41, 5.74) is -0.382. The minimum absolute atomic E-state index is 0.103. The van der Waals surface area contributed by atoms with Gasteiger partial charge < -0.3 is 10.2 Å². The first-order chi connectivity index (χ1) is 9.56. The number of halogens is 1. The monoisotopic (exact) mass is 338 g/mol. The summed E-state index contributed by atoms with van der Waals surface area (Å²) in [6.45, 7) is 0.579. The van der Waals surface area contributed by atoms with Crippen LogP contribution in [0.4, 0.5) is 5.69 Å². The van der Waals surface area contributed by atoms with E-state index in [4.69, 9.17) is 21.8 Å². The van der Waals surface area contributed by atoms with Crippen molar-refractivity contribution in [2.24, 2.45) is 0 Å². The van der Waals surface area contributed by atoms with Gasteiger partial charge in [0.25, 0.3) is 5.69 Å². The van der Waals surface area contributed by atoms with Crippen LogP contribution in [0.25, 0.3) is 0 Å². The number of carboxylic acids is 1. The van der Waals surface area contributed by atoms with Crippen LogP contribution < -0.4 is 4.72 Å². The first-order valence-electron chi connectivity index (χ1n) is 5.41. The SMILES string of the molecule is Cc1c(Cl)cc(S(=O)(=O)NCC(O)C(=O)O)cc1[N+](=O)[O-]. The van der Waals surface area contributed by atoms with Gasteiger partial charge in [-0.1, -0.05) is 11.6 Å². The molecule has 0 amide bonds. The van der Waals surface area contributed by atoms with E-state index in [0.29, 0.717) is 0 Å². The van der Waals surface area contributed by atoms with Crippen LogP contribution in [0.2, 0.25) is 5.02 Å². The molecule has 0 aliphatic rings. The smallest absolute Gasteiger partial charge is 0.333 e. The highest BCUT2D eigenvalue weighted by molar-refractivity contribution is 7.89. The Morgan fingerprint density at radius 1 is 1.52 bits per heavy atom. The zero-order chi connectivity index (χ0) is 16.4. The molecule has 1 aromatic carbocycles. The molecule has 0 aliphatic carbocycles. The van der Waals surface area contributed by atoms with Crippen LogP contribution >= 0.6 is 11.6 Å². The summed E-state index contributed by atoms with van der Waals surface area (Å²) in [4.78, 5) is 19.9. The van der Waals surface area contributed by atoms with E-state index in [0.717, 1.165) is 12.1 Å². The highest BCUT2D eigenvalue weighted by Gasteiger charge is 2.24. The molecule has 1 rings (SSSR count). The summed E-state index contributed by atoms with van der Waals surface area (Å²) in [5.74, 6) is -1.61. The maximum atomic E-state index is 11.9. The molecule has 0 radical (unpaired) electrons. The van der Waals surface area contributed by atoms with Crippen LogP contribution in [-0.4, -0.2) is 42.2 Å². The van der Waals surface area contributed by atoms with Crippen molar-refractivity contribution < 1.29 is 28.3 Å². The van der Waals surface area contributed by atoms with Crippen LogP contribution in [0.1, 0.15) is 5.56 Å². The summed E-state index contributed by atoms with van der Waals surface area (Å²) in [6, 6.07) is 1.80. The fourth-order valence-corrected chi connectivity index (χ4v) is 2.71. The fourth-order valence-electron chi connectivity index (χ4n) is 1.34. The molecular weight excluding hydrogens is 328 g/mol. The van der Waals surface area contributed by atoms with Gasteiger partial charge in [0.1, 0.15) is 0 Å². The lowest BCUT2D eigenvalue weighted by Gasteiger charge is -2.10. The highest BCUT2D eigenvalue weighted by atomic mass is 35.5. The summed E-state index contributed by atoms with van der Waals surface area (Å²) in [5, 5.41) is 28.2. The number of aliphatic hydroxyl groups is 1. The lowest BCUT2D eigenvalue weighted by atomic mass is 10.2. The number of aliphatic carboxylic acids is 1. The standard InChI is InChI=1S/C10H11ClN2O7S/c1-5-7(11)2-6(3-8(5)13(17)18)21(19,20)12-4-9(14)10(15)16/h2-3,9,12,14H,4H2,1H3,(H,15,16). The largest absolute Gasteiger partial charge is 0.479 e. The highest BCUT2D eigenvalue weighted by Crippen LogP contribution is 2.29. The van der Waals surface area contributed by atoms with E-state index in [9.17, 15) is 23.3 Å². The second kappa shape index (κ2) is 6.35. The van der Waals surface area contributed by atoms with Crippen molar-refractivity contribution in [3.05, 3.63) is 32.8 Å². The van der Waals surface area contributed by atoms with Gasteiger partial charge in [-0.2, -0.15) is 0 Å². The van der Waals surface area contributed by atoms with Gasteiger partial charge in [-0.05, 0) is 13.0 Å². The van der Waals surface area contributed by atoms with E-state index in [2.05, 4.69) is 0 Å². The number of nitrogens with one attached hydrogen (secondary N) is 1. The second-order valence-corrected chi connectivity index (χ2v) is 6.19. The van der Waals surface area contributed by atoms with Crippen molar-refractivity contribution in [2.75, 3.05) is 6.54 Å². The third kappa shape index (κ3) is 4.11. The normalized spacial score (nSPS) is 12.9. The molecule has 1 atom stereocenters. The number of hydrogen-bond donors (Lipinski definition) is 3. The molecule has 0 spiro atoms. The molecule has 0 heterocycles. The minimum Gasteiger partial charge on any atom is -0.479 e. The van der Waals surface area contributed by atoms with Gasteiger partial charge in [-0.3, -0.25) is 10.1 Å². The van der Waals surface area contributed by atoms with Crippen LogP contribution in [0, 0.1) is 17.0 Å². The quantitative estimate of drug-likeness (QED) is 0.498. The zero-order valence-electron chi connectivity index (χ0n) is 10.6. The van der Waals surface area contributed by atoms with Gasteiger partial charge in [0.2, 0.25) is 10.0 Å². The first kappa shape index (κ1) is 17.3. The number of nitro benzene ring substituents is 1. The lowest BCUT2D eigenvalue weighted by molar-refractivity contribution is -0.385. The number of benzene rings is 1. The zero-order valence-corrected chi connectivity index (χ0v) is 12.2. The Morgan fingerprint density at radius 2 is 2.10 bits per heavy atom. The van der Waals surface area contributed by atoms with Crippen molar-refractivity contribution in [3.8, 4) is 0 Å². The molecule has 1 aromatic rings. The summed E-state index contributed by atoms with van der Waals surface area (Å²) < 4.78 is 25.6. The van der Waals surface area contributed by atoms with Crippen LogP contribution in [0.15, 0.2) is 17.0 Å². The molecule has 11 heteroatoms. The number of sulfonamides is 1. The number of nitro groups is 1. The van der Waals surface area contributed by atoms with Crippen molar-refractivity contribution in [2.45, 2.75) is 17.9 Å². The number of rotatable bonds is 6. The van der Waals surface area contributed by atoms with Gasteiger partial charge in [-0.25, -0.2) is 17.9 Å². The number of aliphatic hydroxyl groups excluding tert-OH is 1. The van der Waals surface area contributed by atoms with Crippen molar-refractivity contribution in [1.82, 2.24) is 4.72 Å². The Kier molecular flexibility index (Phi) is 5.23. The third-order valence-electron chi connectivity index (χ3n) is 2.55. The number of nitrogens with zero attached hydrogens (tertiary/aromatic N) is 1. The third-order valence-corrected chi connectivity index (χ3v) is 4.34. The van der Waals surface area contributed by atoms with E-state index >= 15 is 0 Å². The van der Waals surface area contributed by atoms with Crippen LogP contribution in [-0.2, 0) is 14.8 Å². The Hall–Kier alpha value is -1.75. The maximum absolute atomic E-state index is 11.9. The molecule has 21 heavy (non-hydrogen) atoms. The fraction of sp³-hybridized carbons (Fsp3) is 0.300. The van der Waals surface area contributed by atoms with E-state index in [-0.39, 0.29) is 10.6 Å². The van der Waals surface area contributed by atoms with E-state index < -0.39 is 44.1 Å². The number of carboxylic acid groups (broad SMARTS) is 1. The number of hydrogen-bond acceptors (Lipinski definition) is 6. The van der Waals surface area contributed by atoms with E-state index in [1.54, 1.807) is 0 Å². The predicted molar refractivity (Wildman–Crippen MR) is 71.7 cm³/mol. The van der Waals surface area contributed by atoms with Gasteiger partial charge in [0.15, 0.2) is 6.10 Å². The van der Waals surface area contributed by atoms with Crippen molar-refractivity contribution in [1.29, 1.82) is 0 Å². The molecule has 0 aromatic heterocycles. The Balaban J connectivity index is 3.15. The average molecular weight is 339 g/mol. The number of carbonyl (C=O) groups is 1.